The van der Waals surface area contributed by atoms with Crippen molar-refractivity contribution < 1.29 is 22.7 Å². The molecule has 220 valence electrons. The number of aryl methyl sites for hydroxylation is 2. The Morgan fingerprint density at radius 1 is 0.976 bits per heavy atom. The number of hydrogen-bond donors (Lipinski definition) is 1. The zero-order valence-corrected chi connectivity index (χ0v) is 25.9. The summed E-state index contributed by atoms with van der Waals surface area (Å²) in [5.74, 6) is -0.493. The SMILES string of the molecule is CC[C@H](C)NC(=O)[C@H](C)N(Cc1cccc(C)c1)C(=O)CN(c1ccc(OC)c(Cl)c1)S(=O)(=O)c1ccc(C)cc1. The second kappa shape index (κ2) is 13.9. The Bertz CT molecular complexity index is 1480. The van der Waals surface area contributed by atoms with E-state index in [-0.39, 0.29) is 34.1 Å². The van der Waals surface area contributed by atoms with Crippen LogP contribution in [0.25, 0.3) is 0 Å². The van der Waals surface area contributed by atoms with E-state index < -0.39 is 28.5 Å². The van der Waals surface area contributed by atoms with E-state index in [1.165, 1.54) is 36.3 Å². The molecule has 0 radical (unpaired) electrons. The predicted octanol–water partition coefficient (Wildman–Crippen LogP) is 5.49. The van der Waals surface area contributed by atoms with Crippen LogP contribution in [0.2, 0.25) is 5.02 Å². The highest BCUT2D eigenvalue weighted by Gasteiger charge is 2.33. The van der Waals surface area contributed by atoms with Crippen LogP contribution in [0.5, 0.6) is 5.75 Å². The lowest BCUT2D eigenvalue weighted by atomic mass is 10.1. The molecule has 10 heteroatoms. The van der Waals surface area contributed by atoms with Crippen LogP contribution in [0.1, 0.15) is 43.9 Å². The Hall–Kier alpha value is -3.56. The summed E-state index contributed by atoms with van der Waals surface area (Å²) in [6.45, 7) is 8.87. The molecule has 0 aliphatic carbocycles. The molecule has 0 spiro atoms. The van der Waals surface area contributed by atoms with E-state index in [4.69, 9.17) is 16.3 Å². The number of rotatable bonds is 12. The van der Waals surface area contributed by atoms with Gasteiger partial charge in [0, 0.05) is 12.6 Å². The van der Waals surface area contributed by atoms with Crippen LogP contribution in [-0.2, 0) is 26.2 Å². The third-order valence-electron chi connectivity index (χ3n) is 6.91. The van der Waals surface area contributed by atoms with Crippen LogP contribution in [0.4, 0.5) is 5.69 Å². The summed E-state index contributed by atoms with van der Waals surface area (Å²) in [5, 5.41) is 3.13. The van der Waals surface area contributed by atoms with Crippen LogP contribution in [-0.4, -0.2) is 50.9 Å². The largest absolute Gasteiger partial charge is 0.495 e. The molecule has 0 saturated carbocycles. The first-order valence-corrected chi connectivity index (χ1v) is 15.3. The number of carbonyl (C=O) groups is 2. The second-order valence-corrected chi connectivity index (χ2v) is 12.4. The molecule has 0 bridgehead atoms. The summed E-state index contributed by atoms with van der Waals surface area (Å²) in [5.41, 5.74) is 2.91. The van der Waals surface area contributed by atoms with Crippen molar-refractivity contribution in [3.05, 3.63) is 88.4 Å². The molecule has 8 nitrogen and oxygen atoms in total. The average Bonchev–Trinajstić information content (AvgIpc) is 2.94. The third kappa shape index (κ3) is 8.01. The Labute approximate surface area is 248 Å². The van der Waals surface area contributed by atoms with E-state index in [0.29, 0.717) is 5.75 Å². The lowest BCUT2D eigenvalue weighted by Crippen LogP contribution is -2.52. The van der Waals surface area contributed by atoms with Crippen LogP contribution in [0, 0.1) is 13.8 Å². The van der Waals surface area contributed by atoms with E-state index in [1.54, 1.807) is 25.1 Å². The highest BCUT2D eigenvalue weighted by Crippen LogP contribution is 2.32. The first kappa shape index (κ1) is 32.0. The molecule has 0 aliphatic heterocycles. The number of ether oxygens (including phenoxy) is 1. The molecule has 2 amide bonds. The normalized spacial score (nSPS) is 12.8. The van der Waals surface area contributed by atoms with Gasteiger partial charge in [0.05, 0.1) is 22.7 Å². The van der Waals surface area contributed by atoms with Gasteiger partial charge in [0.25, 0.3) is 10.0 Å². The summed E-state index contributed by atoms with van der Waals surface area (Å²) < 4.78 is 34.2. The lowest BCUT2D eigenvalue weighted by molar-refractivity contribution is -0.139. The van der Waals surface area contributed by atoms with E-state index in [0.717, 1.165) is 27.4 Å². The molecule has 0 fully saturated rings. The fourth-order valence-electron chi connectivity index (χ4n) is 4.23. The van der Waals surface area contributed by atoms with Gasteiger partial charge in [0.15, 0.2) is 0 Å². The standard InChI is InChI=1S/C31H38ClN3O5S/c1-7-23(4)33-31(37)24(5)34(19-25-10-8-9-22(3)17-25)30(36)20-35(26-13-16-29(40-6)28(32)18-26)41(38,39)27-14-11-21(2)12-15-27/h8-18,23-24H,7,19-20H2,1-6H3,(H,33,37)/t23-,24-/m0/s1. The zero-order valence-electron chi connectivity index (χ0n) is 24.3. The average molecular weight is 600 g/mol. The molecule has 3 aromatic rings. The molecule has 0 aromatic heterocycles. The maximum atomic E-state index is 14.0. The second-order valence-electron chi connectivity index (χ2n) is 10.1. The summed E-state index contributed by atoms with van der Waals surface area (Å²) >= 11 is 6.37. The van der Waals surface area contributed by atoms with Crippen LogP contribution < -0.4 is 14.4 Å². The minimum Gasteiger partial charge on any atom is -0.495 e. The van der Waals surface area contributed by atoms with Crippen molar-refractivity contribution in [3.63, 3.8) is 0 Å². The van der Waals surface area contributed by atoms with Crippen LogP contribution in [0.15, 0.2) is 71.6 Å². The molecule has 1 N–H and O–H groups in total. The van der Waals surface area contributed by atoms with E-state index in [1.807, 2.05) is 52.0 Å². The Morgan fingerprint density at radius 2 is 1.66 bits per heavy atom. The van der Waals surface area contributed by atoms with Gasteiger partial charge in [-0.15, -0.1) is 0 Å². The number of amides is 2. The quantitative estimate of drug-likeness (QED) is 0.297. The zero-order chi connectivity index (χ0) is 30.3. The summed E-state index contributed by atoms with van der Waals surface area (Å²) in [4.78, 5) is 28.6. The number of methoxy groups -OCH3 is 1. The van der Waals surface area contributed by atoms with Gasteiger partial charge in [0.2, 0.25) is 11.8 Å². The van der Waals surface area contributed by atoms with Gasteiger partial charge >= 0.3 is 0 Å². The number of sulfonamides is 1. The van der Waals surface area contributed by atoms with Gasteiger partial charge in [-0.2, -0.15) is 0 Å². The number of benzene rings is 3. The van der Waals surface area contributed by atoms with Crippen LogP contribution >= 0.6 is 11.6 Å². The summed E-state index contributed by atoms with van der Waals surface area (Å²) in [6.07, 6.45) is 0.727. The molecule has 41 heavy (non-hydrogen) atoms. The van der Waals surface area contributed by atoms with E-state index in [2.05, 4.69) is 5.32 Å². The van der Waals surface area contributed by atoms with Crippen molar-refractivity contribution in [3.8, 4) is 5.75 Å². The van der Waals surface area contributed by atoms with Gasteiger partial charge < -0.3 is 15.0 Å². The minimum atomic E-state index is -4.20. The first-order valence-electron chi connectivity index (χ1n) is 13.5. The smallest absolute Gasteiger partial charge is 0.264 e. The van der Waals surface area contributed by atoms with E-state index in [9.17, 15) is 18.0 Å². The van der Waals surface area contributed by atoms with Gasteiger partial charge in [-0.25, -0.2) is 8.42 Å². The predicted molar refractivity (Wildman–Crippen MR) is 163 cm³/mol. The Balaban J connectivity index is 2.06. The highest BCUT2D eigenvalue weighted by atomic mass is 35.5. The van der Waals surface area contributed by atoms with Crippen molar-refractivity contribution in [2.75, 3.05) is 18.0 Å². The molecule has 0 unspecified atom stereocenters. The monoisotopic (exact) mass is 599 g/mol. The molecular weight excluding hydrogens is 562 g/mol. The molecule has 0 saturated heterocycles. The molecular formula is C31H38ClN3O5S. The topological polar surface area (TPSA) is 96.0 Å². The summed E-state index contributed by atoms with van der Waals surface area (Å²) in [7, 11) is -2.74. The van der Waals surface area contributed by atoms with Crippen molar-refractivity contribution in [1.29, 1.82) is 0 Å². The number of hydrogen-bond acceptors (Lipinski definition) is 5. The Kier molecular flexibility index (Phi) is 10.8. The van der Waals surface area contributed by atoms with Gasteiger partial charge in [0.1, 0.15) is 18.3 Å². The number of carbonyl (C=O) groups excluding carboxylic acids is 2. The fourth-order valence-corrected chi connectivity index (χ4v) is 5.89. The lowest BCUT2D eigenvalue weighted by Gasteiger charge is -2.32. The van der Waals surface area contributed by atoms with Gasteiger partial charge in [-0.3, -0.25) is 13.9 Å². The van der Waals surface area contributed by atoms with Crippen molar-refractivity contribution in [2.45, 2.75) is 64.6 Å². The van der Waals surface area contributed by atoms with Crippen molar-refractivity contribution >= 4 is 39.1 Å². The number of halogens is 1. The molecule has 0 heterocycles. The third-order valence-corrected chi connectivity index (χ3v) is 9.00. The van der Waals surface area contributed by atoms with Crippen molar-refractivity contribution in [1.82, 2.24) is 10.2 Å². The minimum absolute atomic E-state index is 0.0237. The fraction of sp³-hybridized carbons (Fsp3) is 0.355. The first-order chi connectivity index (χ1) is 19.4. The molecule has 3 rings (SSSR count). The van der Waals surface area contributed by atoms with E-state index >= 15 is 0 Å². The number of nitrogens with one attached hydrogen (secondary N) is 1. The molecule has 3 aromatic carbocycles. The van der Waals surface area contributed by atoms with Crippen LogP contribution in [0.3, 0.4) is 0 Å². The number of anilines is 1. The van der Waals surface area contributed by atoms with Gasteiger partial charge in [-0.1, -0.05) is 66.0 Å². The number of nitrogens with zero attached hydrogens (tertiary/aromatic N) is 2. The summed E-state index contributed by atoms with van der Waals surface area (Å²) in [6, 6.07) is 17.6. The highest BCUT2D eigenvalue weighted by molar-refractivity contribution is 7.92. The van der Waals surface area contributed by atoms with Gasteiger partial charge in [-0.05, 0) is 70.0 Å². The van der Waals surface area contributed by atoms with Crippen molar-refractivity contribution in [2.24, 2.45) is 0 Å². The Morgan fingerprint density at radius 3 is 2.24 bits per heavy atom. The maximum absolute atomic E-state index is 14.0. The molecule has 0 aliphatic rings. The maximum Gasteiger partial charge on any atom is 0.264 e. The molecule has 2 atom stereocenters.